The van der Waals surface area contributed by atoms with Gasteiger partial charge < -0.3 is 11.5 Å². The van der Waals surface area contributed by atoms with Gasteiger partial charge in [-0.2, -0.15) is 0 Å². The van der Waals surface area contributed by atoms with Crippen molar-refractivity contribution in [3.05, 3.63) is 23.3 Å². The highest BCUT2D eigenvalue weighted by atomic mass is 14.9. The van der Waals surface area contributed by atoms with Gasteiger partial charge in [0.05, 0.1) is 5.54 Å². The van der Waals surface area contributed by atoms with Crippen LogP contribution in [0.2, 0.25) is 0 Å². The fraction of sp³-hybridized carbons (Fsp3) is 0.692. The van der Waals surface area contributed by atoms with Gasteiger partial charge >= 0.3 is 0 Å². The third kappa shape index (κ3) is 2.32. The van der Waals surface area contributed by atoms with Gasteiger partial charge in [0.2, 0.25) is 0 Å². The molecule has 3 unspecified atom stereocenters. The third-order valence-electron chi connectivity index (χ3n) is 3.54. The van der Waals surface area contributed by atoms with Crippen LogP contribution in [0.5, 0.6) is 0 Å². The van der Waals surface area contributed by atoms with Crippen molar-refractivity contribution in [2.24, 2.45) is 17.4 Å². The van der Waals surface area contributed by atoms with Crippen molar-refractivity contribution in [2.75, 3.05) is 0 Å². The van der Waals surface area contributed by atoms with Crippen LogP contribution in [-0.2, 0) is 0 Å². The smallest absolute Gasteiger partial charge is 0.0563 e. The van der Waals surface area contributed by atoms with E-state index in [4.69, 9.17) is 11.5 Å². The molecule has 0 spiro atoms. The van der Waals surface area contributed by atoms with Gasteiger partial charge in [-0.15, -0.1) is 0 Å². The monoisotopic (exact) mass is 208 g/mol. The van der Waals surface area contributed by atoms with E-state index in [2.05, 4.69) is 39.8 Å². The first-order valence-electron chi connectivity index (χ1n) is 5.84. The summed E-state index contributed by atoms with van der Waals surface area (Å²) in [6.45, 7) is 8.55. The van der Waals surface area contributed by atoms with Gasteiger partial charge in [0.25, 0.3) is 0 Å². The zero-order valence-corrected chi connectivity index (χ0v) is 10.4. The molecule has 0 aromatic carbocycles. The van der Waals surface area contributed by atoms with Gasteiger partial charge in [-0.3, -0.25) is 0 Å². The second kappa shape index (κ2) is 4.50. The van der Waals surface area contributed by atoms with Crippen LogP contribution >= 0.6 is 0 Å². The lowest BCUT2D eigenvalue weighted by molar-refractivity contribution is 0.298. The molecule has 2 heteroatoms. The molecule has 0 fully saturated rings. The van der Waals surface area contributed by atoms with Crippen LogP contribution in [-0.4, -0.2) is 11.6 Å². The summed E-state index contributed by atoms with van der Waals surface area (Å²) in [7, 11) is 0. The maximum atomic E-state index is 6.47. The van der Waals surface area contributed by atoms with Crippen LogP contribution < -0.4 is 11.5 Å². The maximum absolute atomic E-state index is 6.47. The molecule has 0 aromatic rings. The Hall–Kier alpha value is -0.600. The summed E-state index contributed by atoms with van der Waals surface area (Å²) >= 11 is 0. The Morgan fingerprint density at radius 3 is 2.60 bits per heavy atom. The molecule has 0 radical (unpaired) electrons. The Labute approximate surface area is 93.4 Å². The van der Waals surface area contributed by atoms with Crippen molar-refractivity contribution in [3.8, 4) is 0 Å². The second-order valence-corrected chi connectivity index (χ2v) is 4.94. The van der Waals surface area contributed by atoms with Crippen molar-refractivity contribution in [2.45, 2.75) is 52.1 Å². The molecule has 15 heavy (non-hydrogen) atoms. The van der Waals surface area contributed by atoms with Crippen molar-refractivity contribution in [3.63, 3.8) is 0 Å². The normalized spacial score (nSPS) is 33.3. The summed E-state index contributed by atoms with van der Waals surface area (Å²) < 4.78 is 0. The van der Waals surface area contributed by atoms with Crippen molar-refractivity contribution < 1.29 is 0 Å². The molecule has 2 nitrogen and oxygen atoms in total. The van der Waals surface area contributed by atoms with Gasteiger partial charge in [-0.25, -0.2) is 0 Å². The molecule has 1 aliphatic carbocycles. The van der Waals surface area contributed by atoms with Crippen LogP contribution in [0.15, 0.2) is 23.3 Å². The molecule has 0 aliphatic heterocycles. The predicted molar refractivity (Wildman–Crippen MR) is 66.5 cm³/mol. The van der Waals surface area contributed by atoms with Crippen molar-refractivity contribution >= 4 is 0 Å². The highest BCUT2D eigenvalue weighted by Crippen LogP contribution is 2.31. The molecule has 86 valence electrons. The largest absolute Gasteiger partial charge is 0.322 e. The van der Waals surface area contributed by atoms with E-state index >= 15 is 0 Å². The molecule has 0 saturated heterocycles. The van der Waals surface area contributed by atoms with E-state index in [-0.39, 0.29) is 11.6 Å². The van der Waals surface area contributed by atoms with E-state index < -0.39 is 0 Å². The van der Waals surface area contributed by atoms with E-state index in [0.717, 1.165) is 12.8 Å². The molecule has 3 atom stereocenters. The summed E-state index contributed by atoms with van der Waals surface area (Å²) in [6.07, 6.45) is 6.56. The number of allylic oxidation sites excluding steroid dienone is 2. The van der Waals surface area contributed by atoms with E-state index in [1.807, 2.05) is 0 Å². The van der Waals surface area contributed by atoms with Crippen LogP contribution in [0.4, 0.5) is 0 Å². The Kier molecular flexibility index (Phi) is 3.74. The van der Waals surface area contributed by atoms with E-state index in [1.54, 1.807) is 0 Å². The Bertz CT molecular complexity index is 291. The quantitative estimate of drug-likeness (QED) is 0.748. The van der Waals surface area contributed by atoms with E-state index in [1.165, 1.54) is 11.1 Å². The zero-order valence-electron chi connectivity index (χ0n) is 10.4. The highest BCUT2D eigenvalue weighted by Gasteiger charge is 2.38. The van der Waals surface area contributed by atoms with Gasteiger partial charge in [0, 0.05) is 6.04 Å². The van der Waals surface area contributed by atoms with Gasteiger partial charge in [-0.05, 0) is 26.2 Å². The SMILES string of the molecule is CCCC(C)C1(N)C=C(C)C=C(C)C1N. The highest BCUT2D eigenvalue weighted by molar-refractivity contribution is 5.38. The molecular weight excluding hydrogens is 184 g/mol. The minimum atomic E-state index is -0.362. The van der Waals surface area contributed by atoms with Gasteiger partial charge in [-0.1, -0.05) is 43.6 Å². The molecule has 1 aliphatic rings. The standard InChI is InChI=1S/C13H24N2/c1-5-6-11(4)13(15)8-9(2)7-10(3)12(13)14/h7-8,11-12H,5-6,14-15H2,1-4H3. The first-order valence-corrected chi connectivity index (χ1v) is 5.84. The van der Waals surface area contributed by atoms with E-state index in [0.29, 0.717) is 5.92 Å². The molecule has 0 amide bonds. The average Bonchev–Trinajstić information content (AvgIpc) is 2.14. The second-order valence-electron chi connectivity index (χ2n) is 4.94. The first-order chi connectivity index (χ1) is 6.91. The minimum absolute atomic E-state index is 0.0391. The number of hydrogen-bond donors (Lipinski definition) is 2. The predicted octanol–water partition coefficient (Wildman–Crippen LogP) is 2.35. The number of rotatable bonds is 3. The number of nitrogens with two attached hydrogens (primary N) is 2. The maximum Gasteiger partial charge on any atom is 0.0563 e. The summed E-state index contributed by atoms with van der Waals surface area (Å²) in [5, 5.41) is 0. The lowest BCUT2D eigenvalue weighted by Gasteiger charge is -2.41. The van der Waals surface area contributed by atoms with Crippen molar-refractivity contribution in [1.82, 2.24) is 0 Å². The molecular formula is C13H24N2. The zero-order chi connectivity index (χ0) is 11.6. The molecule has 0 saturated carbocycles. The topological polar surface area (TPSA) is 52.0 Å². The average molecular weight is 208 g/mol. The summed E-state index contributed by atoms with van der Waals surface area (Å²) in [6, 6.07) is -0.0391. The van der Waals surface area contributed by atoms with E-state index in [9.17, 15) is 0 Å². The van der Waals surface area contributed by atoms with Crippen LogP contribution in [0.25, 0.3) is 0 Å². The van der Waals surface area contributed by atoms with Gasteiger partial charge in [0.1, 0.15) is 0 Å². The Morgan fingerprint density at radius 1 is 1.47 bits per heavy atom. The fourth-order valence-corrected chi connectivity index (χ4v) is 2.50. The van der Waals surface area contributed by atoms with Crippen LogP contribution in [0.3, 0.4) is 0 Å². The lowest BCUT2D eigenvalue weighted by atomic mass is 9.72. The Balaban J connectivity index is 2.97. The Morgan fingerprint density at radius 2 is 2.07 bits per heavy atom. The molecule has 1 rings (SSSR count). The molecule has 0 heterocycles. The molecule has 0 bridgehead atoms. The molecule has 0 aromatic heterocycles. The third-order valence-corrected chi connectivity index (χ3v) is 3.54. The lowest BCUT2D eigenvalue weighted by Crippen LogP contribution is -2.59. The number of hydrogen-bond acceptors (Lipinski definition) is 2. The van der Waals surface area contributed by atoms with Crippen LogP contribution in [0.1, 0.15) is 40.5 Å². The van der Waals surface area contributed by atoms with Crippen molar-refractivity contribution in [1.29, 1.82) is 0 Å². The summed E-state index contributed by atoms with van der Waals surface area (Å²) in [5.41, 5.74) is 14.8. The van der Waals surface area contributed by atoms with Gasteiger partial charge in [0.15, 0.2) is 0 Å². The fourth-order valence-electron chi connectivity index (χ4n) is 2.50. The summed E-state index contributed by atoms with van der Waals surface area (Å²) in [4.78, 5) is 0. The molecule has 4 N–H and O–H groups in total. The van der Waals surface area contributed by atoms with Crippen LogP contribution in [0, 0.1) is 5.92 Å². The summed E-state index contributed by atoms with van der Waals surface area (Å²) in [5.74, 6) is 0.427. The minimum Gasteiger partial charge on any atom is -0.322 e. The first kappa shape index (κ1) is 12.5.